The molecule has 0 saturated carbocycles. The van der Waals surface area contributed by atoms with Crippen molar-refractivity contribution in [2.45, 2.75) is 11.8 Å². The largest absolute Gasteiger partial charge is 0.394 e. The number of halogens is 4. The van der Waals surface area contributed by atoms with Gasteiger partial charge in [0.2, 0.25) is 0 Å². The molecule has 1 aromatic rings. The van der Waals surface area contributed by atoms with Crippen LogP contribution in [0.15, 0.2) is 4.90 Å². The van der Waals surface area contributed by atoms with Gasteiger partial charge in [-0.1, -0.05) is 6.92 Å². The number of nitrogens with two attached hydrogens (primary N) is 1. The van der Waals surface area contributed by atoms with Gasteiger partial charge in [0.1, 0.15) is 10.6 Å². The summed E-state index contributed by atoms with van der Waals surface area (Å²) in [5, 5.41) is 0. The summed E-state index contributed by atoms with van der Waals surface area (Å²) in [6.07, 6.45) is 0. The number of nitrogen functional groups attached to an aromatic ring is 1. The number of benzene rings is 1. The second-order valence-electron chi connectivity index (χ2n) is 2.63. The summed E-state index contributed by atoms with van der Waals surface area (Å²) in [7, 11) is -2.13. The Morgan fingerprint density at radius 3 is 1.80 bits per heavy atom. The highest BCUT2D eigenvalue weighted by molar-refractivity contribution is 7.85. The lowest BCUT2D eigenvalue weighted by molar-refractivity contribution is 0.429. The monoisotopic (exact) mass is 241 g/mol. The normalized spacial score (nSPS) is 12.9. The van der Waals surface area contributed by atoms with Gasteiger partial charge in [0.05, 0.1) is 10.8 Å². The van der Waals surface area contributed by atoms with E-state index in [9.17, 15) is 21.8 Å². The molecule has 0 aliphatic rings. The Bertz CT molecular complexity index is 406. The Labute approximate surface area is 85.5 Å². The molecule has 15 heavy (non-hydrogen) atoms. The first-order valence-corrected chi connectivity index (χ1v) is 5.23. The highest BCUT2D eigenvalue weighted by atomic mass is 32.2. The molecule has 1 unspecified atom stereocenters. The third-order valence-electron chi connectivity index (χ3n) is 1.75. The van der Waals surface area contributed by atoms with Crippen LogP contribution in [0.3, 0.4) is 0 Å². The Morgan fingerprint density at radius 1 is 1.07 bits per heavy atom. The van der Waals surface area contributed by atoms with Gasteiger partial charge in [-0.05, 0) is 0 Å². The fourth-order valence-corrected chi connectivity index (χ4v) is 1.84. The standard InChI is InChI=1S/C8H7F4NOS/c1-2-15(14)8-5(11)3(9)7(13)4(10)6(8)12/h2,13H2,1H3. The van der Waals surface area contributed by atoms with Crippen LogP contribution in [0, 0.1) is 23.3 Å². The fraction of sp³-hybridized carbons (Fsp3) is 0.250. The van der Waals surface area contributed by atoms with Crippen LogP contribution in [0.2, 0.25) is 0 Å². The van der Waals surface area contributed by atoms with E-state index in [4.69, 9.17) is 5.73 Å². The Morgan fingerprint density at radius 2 is 1.47 bits per heavy atom. The summed E-state index contributed by atoms with van der Waals surface area (Å²) >= 11 is 0. The third kappa shape index (κ3) is 1.83. The van der Waals surface area contributed by atoms with Gasteiger partial charge in [0, 0.05) is 5.75 Å². The molecule has 84 valence electrons. The molecule has 0 aliphatic heterocycles. The van der Waals surface area contributed by atoms with Crippen molar-refractivity contribution < 1.29 is 21.8 Å². The lowest BCUT2D eigenvalue weighted by Crippen LogP contribution is -2.10. The molecule has 2 N–H and O–H groups in total. The summed E-state index contributed by atoms with van der Waals surface area (Å²) < 4.78 is 63.1. The molecule has 0 spiro atoms. The molecule has 0 heterocycles. The van der Waals surface area contributed by atoms with E-state index in [0.29, 0.717) is 0 Å². The summed E-state index contributed by atoms with van der Waals surface area (Å²) in [6.45, 7) is 1.36. The second-order valence-corrected chi connectivity index (χ2v) is 4.31. The summed E-state index contributed by atoms with van der Waals surface area (Å²) in [5.74, 6) is -6.99. The molecule has 7 heteroatoms. The van der Waals surface area contributed by atoms with Crippen LogP contribution in [0.4, 0.5) is 23.2 Å². The number of hydrogen-bond acceptors (Lipinski definition) is 2. The minimum Gasteiger partial charge on any atom is -0.394 e. The number of hydrogen-bond donors (Lipinski definition) is 1. The smallest absolute Gasteiger partial charge is 0.186 e. The average Bonchev–Trinajstić information content (AvgIpc) is 2.23. The van der Waals surface area contributed by atoms with E-state index in [1.165, 1.54) is 6.92 Å². The van der Waals surface area contributed by atoms with E-state index >= 15 is 0 Å². The van der Waals surface area contributed by atoms with Crippen molar-refractivity contribution in [3.63, 3.8) is 0 Å². The Kier molecular flexibility index (Phi) is 3.33. The maximum atomic E-state index is 13.1. The molecule has 2 nitrogen and oxygen atoms in total. The van der Waals surface area contributed by atoms with Crippen molar-refractivity contribution in [3.05, 3.63) is 23.3 Å². The predicted molar refractivity (Wildman–Crippen MR) is 47.6 cm³/mol. The number of anilines is 1. The minimum absolute atomic E-state index is 0.156. The van der Waals surface area contributed by atoms with Gasteiger partial charge in [-0.2, -0.15) is 0 Å². The van der Waals surface area contributed by atoms with Crippen LogP contribution in [0.5, 0.6) is 0 Å². The van der Waals surface area contributed by atoms with Crippen LogP contribution in [-0.4, -0.2) is 9.96 Å². The first kappa shape index (κ1) is 12.0. The molecule has 1 rings (SSSR count). The molecule has 1 atom stereocenters. The number of rotatable bonds is 2. The van der Waals surface area contributed by atoms with Gasteiger partial charge in [0.15, 0.2) is 23.3 Å². The van der Waals surface area contributed by atoms with Crippen molar-refractivity contribution >= 4 is 16.5 Å². The second kappa shape index (κ2) is 4.18. The zero-order valence-electron chi connectivity index (χ0n) is 7.61. The molecule has 0 aromatic heterocycles. The van der Waals surface area contributed by atoms with Crippen LogP contribution < -0.4 is 5.73 Å². The van der Waals surface area contributed by atoms with E-state index < -0.39 is 44.7 Å². The lowest BCUT2D eigenvalue weighted by atomic mass is 10.2. The first-order chi connectivity index (χ1) is 6.91. The van der Waals surface area contributed by atoms with Gasteiger partial charge in [-0.25, -0.2) is 17.6 Å². The van der Waals surface area contributed by atoms with E-state index in [2.05, 4.69) is 0 Å². The van der Waals surface area contributed by atoms with Crippen LogP contribution in [0.25, 0.3) is 0 Å². The maximum Gasteiger partial charge on any atom is 0.186 e. The Hall–Kier alpha value is -1.11. The summed E-state index contributed by atoms with van der Waals surface area (Å²) in [4.78, 5) is -1.11. The lowest BCUT2D eigenvalue weighted by Gasteiger charge is -2.07. The first-order valence-electron chi connectivity index (χ1n) is 3.91. The molecule has 0 bridgehead atoms. The molecular weight excluding hydrogens is 234 g/mol. The molecule has 1 aromatic carbocycles. The van der Waals surface area contributed by atoms with Crippen molar-refractivity contribution in [1.82, 2.24) is 0 Å². The van der Waals surface area contributed by atoms with E-state index in [0.717, 1.165) is 0 Å². The van der Waals surface area contributed by atoms with E-state index in [1.54, 1.807) is 0 Å². The molecule has 0 radical (unpaired) electrons. The van der Waals surface area contributed by atoms with Gasteiger partial charge < -0.3 is 5.73 Å². The third-order valence-corrected chi connectivity index (χ3v) is 3.09. The van der Waals surface area contributed by atoms with Crippen LogP contribution in [0.1, 0.15) is 6.92 Å². The molecule has 0 fully saturated rings. The van der Waals surface area contributed by atoms with Crippen LogP contribution >= 0.6 is 0 Å². The quantitative estimate of drug-likeness (QED) is 0.488. The SMILES string of the molecule is CCS(=O)c1c(F)c(F)c(N)c(F)c1F. The van der Waals surface area contributed by atoms with Crippen molar-refractivity contribution in [2.24, 2.45) is 0 Å². The van der Waals surface area contributed by atoms with Gasteiger partial charge in [0.25, 0.3) is 0 Å². The molecular formula is C8H7F4NOS. The highest BCUT2D eigenvalue weighted by Gasteiger charge is 2.26. The van der Waals surface area contributed by atoms with Crippen molar-refractivity contribution in [1.29, 1.82) is 0 Å². The van der Waals surface area contributed by atoms with Gasteiger partial charge in [-0.3, -0.25) is 4.21 Å². The highest BCUT2D eigenvalue weighted by Crippen LogP contribution is 2.27. The molecule has 0 amide bonds. The summed E-state index contributed by atoms with van der Waals surface area (Å²) in [6, 6.07) is 0. The van der Waals surface area contributed by atoms with Crippen molar-refractivity contribution in [3.8, 4) is 0 Å². The van der Waals surface area contributed by atoms with E-state index in [1.807, 2.05) is 0 Å². The molecule has 0 aliphatic carbocycles. The van der Waals surface area contributed by atoms with Gasteiger partial charge in [-0.15, -0.1) is 0 Å². The Balaban J connectivity index is 3.60. The maximum absolute atomic E-state index is 13.1. The van der Waals surface area contributed by atoms with Crippen molar-refractivity contribution in [2.75, 3.05) is 11.5 Å². The minimum atomic E-state index is -2.13. The predicted octanol–water partition coefficient (Wildman–Crippen LogP) is 1.95. The zero-order valence-corrected chi connectivity index (χ0v) is 8.43. The summed E-state index contributed by atoms with van der Waals surface area (Å²) in [5.41, 5.74) is 3.52. The fourth-order valence-electron chi connectivity index (χ4n) is 0.973. The van der Waals surface area contributed by atoms with E-state index in [-0.39, 0.29) is 5.75 Å². The van der Waals surface area contributed by atoms with Gasteiger partial charge >= 0.3 is 0 Å². The topological polar surface area (TPSA) is 43.1 Å². The molecule has 0 saturated heterocycles. The average molecular weight is 241 g/mol. The zero-order chi connectivity index (χ0) is 11.7. The van der Waals surface area contributed by atoms with Crippen LogP contribution in [-0.2, 0) is 10.8 Å².